The van der Waals surface area contributed by atoms with E-state index in [1.807, 2.05) is 0 Å². The molecule has 0 radical (unpaired) electrons. The lowest BCUT2D eigenvalue weighted by Crippen LogP contribution is -2.04. The molecule has 5 heteroatoms. The number of hydrogen-bond donors (Lipinski definition) is 0. The van der Waals surface area contributed by atoms with Gasteiger partial charge >= 0.3 is 6.18 Å². The van der Waals surface area contributed by atoms with E-state index in [-0.39, 0.29) is 22.5 Å². The highest BCUT2D eigenvalue weighted by molar-refractivity contribution is 5.95. The molecule has 0 saturated heterocycles. The summed E-state index contributed by atoms with van der Waals surface area (Å²) in [5, 5.41) is 0. The van der Waals surface area contributed by atoms with Crippen LogP contribution in [0.15, 0.2) is 42.5 Å². The normalized spacial score (nSPS) is 11.4. The third-order valence-corrected chi connectivity index (χ3v) is 2.87. The van der Waals surface area contributed by atoms with Crippen LogP contribution in [0, 0.1) is 5.82 Å². The molecule has 20 heavy (non-hydrogen) atoms. The van der Waals surface area contributed by atoms with Crippen LogP contribution in [-0.4, -0.2) is 5.78 Å². The number of Topliss-reactive ketones (excluding diaryl/α,β-unsaturated/α-hetero) is 1. The summed E-state index contributed by atoms with van der Waals surface area (Å²) in [6.45, 7) is 1.31. The van der Waals surface area contributed by atoms with Crippen LogP contribution >= 0.6 is 0 Å². The lowest BCUT2D eigenvalue weighted by Gasteiger charge is -2.10. The highest BCUT2D eigenvalue weighted by atomic mass is 19.4. The van der Waals surface area contributed by atoms with Crippen molar-refractivity contribution in [1.82, 2.24) is 0 Å². The molecule has 0 spiro atoms. The fourth-order valence-corrected chi connectivity index (χ4v) is 1.83. The van der Waals surface area contributed by atoms with E-state index >= 15 is 0 Å². The van der Waals surface area contributed by atoms with Crippen molar-refractivity contribution >= 4 is 5.78 Å². The molecular formula is C15H10F4O. The maximum Gasteiger partial charge on any atom is 0.416 e. The van der Waals surface area contributed by atoms with E-state index in [1.165, 1.54) is 31.2 Å². The van der Waals surface area contributed by atoms with Gasteiger partial charge in [0, 0.05) is 11.1 Å². The Balaban J connectivity index is 2.57. The summed E-state index contributed by atoms with van der Waals surface area (Å²) in [6, 6.07) is 7.99. The lowest BCUT2D eigenvalue weighted by atomic mass is 9.99. The molecule has 0 fully saturated rings. The van der Waals surface area contributed by atoms with Gasteiger partial charge in [-0.1, -0.05) is 12.1 Å². The summed E-state index contributed by atoms with van der Waals surface area (Å²) < 4.78 is 51.7. The Labute approximate surface area is 112 Å². The van der Waals surface area contributed by atoms with Crippen molar-refractivity contribution in [3.8, 4) is 11.1 Å². The average molecular weight is 282 g/mol. The predicted molar refractivity (Wildman–Crippen MR) is 66.8 cm³/mol. The number of alkyl halides is 3. The van der Waals surface area contributed by atoms with Crippen molar-refractivity contribution in [3.63, 3.8) is 0 Å². The maximum absolute atomic E-state index is 13.8. The SMILES string of the molecule is CC(=O)c1ccc(F)c(-c2cccc(C(F)(F)F)c2)c1. The molecule has 0 aromatic heterocycles. The van der Waals surface area contributed by atoms with Crippen LogP contribution < -0.4 is 0 Å². The monoisotopic (exact) mass is 282 g/mol. The maximum atomic E-state index is 13.8. The van der Waals surface area contributed by atoms with Gasteiger partial charge in [0.1, 0.15) is 5.82 Å². The van der Waals surface area contributed by atoms with Crippen LogP contribution in [0.1, 0.15) is 22.8 Å². The Hall–Kier alpha value is -2.17. The molecule has 0 bridgehead atoms. The standard InChI is InChI=1S/C15H10F4O/c1-9(20)10-5-6-14(16)13(8-10)11-3-2-4-12(7-11)15(17,18)19/h2-8H,1H3. The number of carbonyl (C=O) groups excluding carboxylic acids is 1. The van der Waals surface area contributed by atoms with Crippen molar-refractivity contribution in [1.29, 1.82) is 0 Å². The summed E-state index contributed by atoms with van der Waals surface area (Å²) in [5.74, 6) is -0.951. The molecule has 0 aliphatic carbocycles. The first kappa shape index (κ1) is 14.2. The van der Waals surface area contributed by atoms with Gasteiger partial charge in [-0.3, -0.25) is 4.79 Å². The van der Waals surface area contributed by atoms with Crippen LogP contribution in [0.4, 0.5) is 17.6 Å². The second kappa shape index (κ2) is 5.07. The van der Waals surface area contributed by atoms with Crippen LogP contribution in [0.3, 0.4) is 0 Å². The first-order valence-corrected chi connectivity index (χ1v) is 5.77. The van der Waals surface area contributed by atoms with Crippen molar-refractivity contribution in [3.05, 3.63) is 59.4 Å². The van der Waals surface area contributed by atoms with Crippen molar-refractivity contribution < 1.29 is 22.4 Å². The highest BCUT2D eigenvalue weighted by Crippen LogP contribution is 2.33. The summed E-state index contributed by atoms with van der Waals surface area (Å²) in [7, 11) is 0. The number of rotatable bonds is 2. The minimum atomic E-state index is -4.50. The van der Waals surface area contributed by atoms with Gasteiger partial charge in [-0.2, -0.15) is 13.2 Å². The van der Waals surface area contributed by atoms with E-state index in [0.717, 1.165) is 18.2 Å². The van der Waals surface area contributed by atoms with Gasteiger partial charge in [0.25, 0.3) is 0 Å². The van der Waals surface area contributed by atoms with Crippen molar-refractivity contribution in [2.45, 2.75) is 13.1 Å². The number of hydrogen-bond acceptors (Lipinski definition) is 1. The van der Waals surface area contributed by atoms with Gasteiger partial charge < -0.3 is 0 Å². The first-order chi connectivity index (χ1) is 9.29. The van der Waals surface area contributed by atoms with Crippen LogP contribution in [0.5, 0.6) is 0 Å². The van der Waals surface area contributed by atoms with Crippen LogP contribution in [0.2, 0.25) is 0 Å². The molecule has 0 saturated carbocycles. The fourth-order valence-electron chi connectivity index (χ4n) is 1.83. The fraction of sp³-hybridized carbons (Fsp3) is 0.133. The lowest BCUT2D eigenvalue weighted by molar-refractivity contribution is -0.137. The Morgan fingerprint density at radius 2 is 1.75 bits per heavy atom. The molecule has 2 rings (SSSR count). The van der Waals surface area contributed by atoms with Gasteiger partial charge in [-0.15, -0.1) is 0 Å². The second-order valence-corrected chi connectivity index (χ2v) is 4.33. The number of halogens is 4. The van der Waals surface area contributed by atoms with E-state index in [4.69, 9.17) is 0 Å². The molecule has 0 heterocycles. The molecule has 0 unspecified atom stereocenters. The Morgan fingerprint density at radius 1 is 1.05 bits per heavy atom. The molecular weight excluding hydrogens is 272 g/mol. The molecule has 0 aliphatic heterocycles. The number of benzene rings is 2. The zero-order chi connectivity index (χ0) is 14.9. The summed E-state index contributed by atoms with van der Waals surface area (Å²) in [6.07, 6.45) is -4.50. The Bertz CT molecular complexity index is 659. The molecule has 1 nitrogen and oxygen atoms in total. The Kier molecular flexibility index (Phi) is 3.61. The van der Waals surface area contributed by atoms with Gasteiger partial charge in [0.15, 0.2) is 5.78 Å². The third-order valence-electron chi connectivity index (χ3n) is 2.87. The smallest absolute Gasteiger partial charge is 0.295 e. The molecule has 0 atom stereocenters. The molecule has 2 aromatic rings. The van der Waals surface area contributed by atoms with E-state index in [1.54, 1.807) is 0 Å². The number of ketones is 1. The molecule has 0 aliphatic rings. The zero-order valence-electron chi connectivity index (χ0n) is 10.5. The third kappa shape index (κ3) is 2.87. The predicted octanol–water partition coefficient (Wildman–Crippen LogP) is 4.71. The van der Waals surface area contributed by atoms with Crippen LogP contribution in [0.25, 0.3) is 11.1 Å². The first-order valence-electron chi connectivity index (χ1n) is 5.77. The van der Waals surface area contributed by atoms with Gasteiger partial charge in [0.05, 0.1) is 5.56 Å². The second-order valence-electron chi connectivity index (χ2n) is 4.33. The summed E-state index contributed by atoms with van der Waals surface area (Å²) >= 11 is 0. The van der Waals surface area contributed by atoms with Gasteiger partial charge in [0.2, 0.25) is 0 Å². The van der Waals surface area contributed by atoms with E-state index in [0.29, 0.717) is 0 Å². The Morgan fingerprint density at radius 3 is 2.35 bits per heavy atom. The van der Waals surface area contributed by atoms with E-state index in [9.17, 15) is 22.4 Å². The van der Waals surface area contributed by atoms with Crippen molar-refractivity contribution in [2.24, 2.45) is 0 Å². The molecule has 2 aromatic carbocycles. The molecule has 0 N–H and O–H groups in total. The van der Waals surface area contributed by atoms with Crippen molar-refractivity contribution in [2.75, 3.05) is 0 Å². The minimum Gasteiger partial charge on any atom is -0.295 e. The van der Waals surface area contributed by atoms with Gasteiger partial charge in [-0.05, 0) is 42.8 Å². The quantitative estimate of drug-likeness (QED) is 0.575. The highest BCUT2D eigenvalue weighted by Gasteiger charge is 2.30. The zero-order valence-corrected chi connectivity index (χ0v) is 10.5. The molecule has 0 amide bonds. The molecule has 104 valence electrons. The van der Waals surface area contributed by atoms with Gasteiger partial charge in [-0.25, -0.2) is 4.39 Å². The van der Waals surface area contributed by atoms with E-state index in [2.05, 4.69) is 0 Å². The number of carbonyl (C=O) groups is 1. The summed E-state index contributed by atoms with van der Waals surface area (Å²) in [4.78, 5) is 11.3. The summed E-state index contributed by atoms with van der Waals surface area (Å²) in [5.41, 5.74) is -0.550. The largest absolute Gasteiger partial charge is 0.416 e. The minimum absolute atomic E-state index is 0.0243. The topological polar surface area (TPSA) is 17.1 Å². The van der Waals surface area contributed by atoms with Crippen LogP contribution in [-0.2, 0) is 6.18 Å². The van der Waals surface area contributed by atoms with E-state index < -0.39 is 17.6 Å². The average Bonchev–Trinajstić information content (AvgIpc) is 2.38.